The van der Waals surface area contributed by atoms with Gasteiger partial charge in [0.15, 0.2) is 6.61 Å². The highest BCUT2D eigenvalue weighted by atomic mass is 79.9. The van der Waals surface area contributed by atoms with Gasteiger partial charge in [-0.05, 0) is 36.5 Å². The Balaban J connectivity index is 1.26. The van der Waals surface area contributed by atoms with Crippen molar-refractivity contribution in [1.29, 1.82) is 0 Å². The third-order valence-corrected chi connectivity index (χ3v) is 9.53. The Bertz CT molecular complexity index is 881. The third kappa shape index (κ3) is 3.91. The maximum atomic E-state index is 12.8. The fraction of sp³-hybridized carbons (Fsp3) is 0.500. The van der Waals surface area contributed by atoms with Gasteiger partial charge < -0.3 is 10.1 Å². The molecule has 3 aliphatic rings. The van der Waals surface area contributed by atoms with E-state index >= 15 is 0 Å². The summed E-state index contributed by atoms with van der Waals surface area (Å²) in [5.74, 6) is -1.90. The van der Waals surface area contributed by atoms with E-state index in [1.165, 1.54) is 4.90 Å². The predicted octanol–water partition coefficient (Wildman–Crippen LogP) is 2.99. The van der Waals surface area contributed by atoms with Crippen molar-refractivity contribution in [2.45, 2.75) is 22.5 Å². The van der Waals surface area contributed by atoms with Crippen molar-refractivity contribution in [2.24, 2.45) is 23.7 Å². The first-order valence-corrected chi connectivity index (χ1v) is 11.8. The molecule has 0 radical (unpaired) electrons. The smallest absolute Gasteiger partial charge is 0.308 e. The van der Waals surface area contributed by atoms with Crippen molar-refractivity contribution < 1.29 is 23.9 Å². The van der Waals surface area contributed by atoms with Gasteiger partial charge in [0.2, 0.25) is 11.8 Å². The van der Waals surface area contributed by atoms with Gasteiger partial charge in [0.05, 0.1) is 18.3 Å². The number of nitrogens with zero attached hydrogens (tertiary/aromatic N) is 1. The van der Waals surface area contributed by atoms with Gasteiger partial charge in [-0.25, -0.2) is 0 Å². The van der Waals surface area contributed by atoms with Gasteiger partial charge in [0, 0.05) is 26.9 Å². The Labute approximate surface area is 195 Å². The van der Waals surface area contributed by atoms with Gasteiger partial charge in [-0.2, -0.15) is 0 Å². The molecule has 1 N–H and O–H groups in total. The molecule has 1 aliphatic heterocycles. The van der Waals surface area contributed by atoms with Crippen LogP contribution in [0.3, 0.4) is 0 Å². The van der Waals surface area contributed by atoms with Crippen molar-refractivity contribution in [3.05, 3.63) is 29.3 Å². The summed E-state index contributed by atoms with van der Waals surface area (Å²) in [5, 5.41) is 3.05. The molecule has 7 nitrogen and oxygen atoms in total. The van der Waals surface area contributed by atoms with Gasteiger partial charge in [-0.1, -0.05) is 49.5 Å². The first-order chi connectivity index (χ1) is 14.3. The number of anilines is 1. The Morgan fingerprint density at radius 3 is 2.37 bits per heavy atom. The number of ether oxygens (including phenoxy) is 1. The lowest BCUT2D eigenvalue weighted by Gasteiger charge is -2.28. The second-order valence-corrected chi connectivity index (χ2v) is 10.4. The Morgan fingerprint density at radius 1 is 1.13 bits per heavy atom. The molecule has 2 saturated carbocycles. The molecular formula is C20H19Br2ClN2O5. The molecule has 1 aromatic carbocycles. The Hall–Kier alpha value is -1.45. The third-order valence-electron chi connectivity index (χ3n) is 6.09. The molecule has 160 valence electrons. The average molecular weight is 563 g/mol. The molecule has 3 amide bonds. The van der Waals surface area contributed by atoms with Crippen LogP contribution >= 0.6 is 43.5 Å². The van der Waals surface area contributed by atoms with Crippen LogP contribution in [0.15, 0.2) is 24.3 Å². The van der Waals surface area contributed by atoms with Crippen molar-refractivity contribution in [2.75, 3.05) is 18.5 Å². The number of benzene rings is 1. The number of rotatable bonds is 6. The number of amides is 3. The lowest BCUT2D eigenvalue weighted by molar-refractivity contribution is -0.149. The summed E-state index contributed by atoms with van der Waals surface area (Å²) in [4.78, 5) is 51.0. The van der Waals surface area contributed by atoms with Crippen LogP contribution in [0.2, 0.25) is 5.02 Å². The fourth-order valence-electron chi connectivity index (χ4n) is 4.82. The van der Waals surface area contributed by atoms with Crippen LogP contribution in [0, 0.1) is 23.7 Å². The first kappa shape index (κ1) is 21.8. The van der Waals surface area contributed by atoms with Gasteiger partial charge >= 0.3 is 5.97 Å². The largest absolute Gasteiger partial charge is 0.456 e. The molecule has 1 heterocycles. The molecule has 2 bridgehead atoms. The Kier molecular flexibility index (Phi) is 6.23. The minimum atomic E-state index is -0.645. The topological polar surface area (TPSA) is 92.8 Å². The lowest BCUT2D eigenvalue weighted by Crippen LogP contribution is -2.37. The number of likely N-dealkylation sites (tertiary alicyclic amines) is 1. The number of hydrogen-bond donors (Lipinski definition) is 1. The molecule has 0 unspecified atom stereocenters. The maximum Gasteiger partial charge on any atom is 0.308 e. The van der Waals surface area contributed by atoms with Gasteiger partial charge in [0.1, 0.15) is 0 Å². The standard InChI is InChI=1S/C20H19Br2ClN2O5/c21-17-11-7-12(18(17)22)16-15(11)19(28)25(20(16)29)5-4-14(27)30-8-13(26)24-10-3-1-2-9(23)6-10/h1-3,6,11-12,15-18H,4-5,7-8H2,(H,24,26)/t11-,12-,15-,16+,17+,18+/m1/s1. The molecule has 6 atom stereocenters. The number of esters is 1. The Morgan fingerprint density at radius 2 is 1.77 bits per heavy atom. The van der Waals surface area contributed by atoms with Crippen molar-refractivity contribution in [1.82, 2.24) is 4.90 Å². The van der Waals surface area contributed by atoms with E-state index in [0.717, 1.165) is 6.42 Å². The second-order valence-electron chi connectivity index (χ2n) is 7.80. The van der Waals surface area contributed by atoms with Gasteiger partial charge in [0.25, 0.3) is 5.91 Å². The second kappa shape index (κ2) is 8.59. The van der Waals surface area contributed by atoms with Crippen LogP contribution in [0.1, 0.15) is 12.8 Å². The molecule has 1 aromatic rings. The quantitative estimate of drug-likeness (QED) is 0.327. The maximum absolute atomic E-state index is 12.8. The molecule has 10 heteroatoms. The van der Waals surface area contributed by atoms with E-state index in [1.807, 2.05) is 0 Å². The molecule has 0 aromatic heterocycles. The highest BCUT2D eigenvalue weighted by Gasteiger charge is 2.66. The number of nitrogens with one attached hydrogen (secondary N) is 1. The van der Waals surface area contributed by atoms with Crippen LogP contribution in [0.4, 0.5) is 5.69 Å². The number of halogens is 3. The van der Waals surface area contributed by atoms with Crippen molar-refractivity contribution in [3.63, 3.8) is 0 Å². The number of alkyl halides is 2. The number of hydrogen-bond acceptors (Lipinski definition) is 5. The van der Waals surface area contributed by atoms with E-state index in [2.05, 4.69) is 37.2 Å². The SMILES string of the molecule is O=C(COC(=O)CCN1C(=O)[C@@H]2[C@H]3C[C@@H]([C@H](Br)[C@H]3Br)[C@@H]2C1=O)Nc1cccc(Cl)c1. The number of imide groups is 1. The van der Waals surface area contributed by atoms with E-state index in [1.54, 1.807) is 24.3 Å². The summed E-state index contributed by atoms with van der Waals surface area (Å²) in [5.41, 5.74) is 0.494. The van der Waals surface area contributed by atoms with Crippen molar-refractivity contribution in [3.8, 4) is 0 Å². The average Bonchev–Trinajstić information content (AvgIpc) is 3.30. The normalized spacial score (nSPS) is 31.8. The van der Waals surface area contributed by atoms with E-state index in [9.17, 15) is 19.2 Å². The zero-order valence-electron chi connectivity index (χ0n) is 15.7. The summed E-state index contributed by atoms with van der Waals surface area (Å²) < 4.78 is 4.97. The zero-order valence-corrected chi connectivity index (χ0v) is 19.7. The molecule has 30 heavy (non-hydrogen) atoms. The fourth-order valence-corrected chi connectivity index (χ4v) is 6.88. The summed E-state index contributed by atoms with van der Waals surface area (Å²) in [7, 11) is 0. The molecule has 0 spiro atoms. The monoisotopic (exact) mass is 560 g/mol. The van der Waals surface area contributed by atoms with Crippen LogP contribution in [0.5, 0.6) is 0 Å². The highest BCUT2D eigenvalue weighted by Crippen LogP contribution is 2.60. The van der Waals surface area contributed by atoms with Gasteiger partial charge in [-0.3, -0.25) is 24.1 Å². The number of fused-ring (bicyclic) bond motifs is 5. The number of carbonyl (C=O) groups excluding carboxylic acids is 4. The van der Waals surface area contributed by atoms with Gasteiger partial charge in [-0.15, -0.1) is 0 Å². The zero-order chi connectivity index (χ0) is 21.6. The lowest BCUT2D eigenvalue weighted by atomic mass is 9.81. The van der Waals surface area contributed by atoms with E-state index in [4.69, 9.17) is 16.3 Å². The summed E-state index contributed by atoms with van der Waals surface area (Å²) in [6, 6.07) is 6.60. The minimum Gasteiger partial charge on any atom is -0.456 e. The minimum absolute atomic E-state index is 0.0290. The van der Waals surface area contributed by atoms with Crippen LogP contribution in [-0.4, -0.2) is 51.4 Å². The van der Waals surface area contributed by atoms with Crippen LogP contribution in [-0.2, 0) is 23.9 Å². The van der Waals surface area contributed by atoms with E-state index < -0.39 is 18.5 Å². The summed E-state index contributed by atoms with van der Waals surface area (Å²) in [6.45, 7) is -0.488. The molecular weight excluding hydrogens is 543 g/mol. The highest BCUT2D eigenvalue weighted by molar-refractivity contribution is 9.12. The molecule has 2 aliphatic carbocycles. The van der Waals surface area contributed by atoms with Crippen molar-refractivity contribution >= 4 is 72.8 Å². The first-order valence-electron chi connectivity index (χ1n) is 9.62. The summed E-state index contributed by atoms with van der Waals surface area (Å²) in [6.07, 6.45) is 0.711. The van der Waals surface area contributed by atoms with Crippen LogP contribution < -0.4 is 5.32 Å². The van der Waals surface area contributed by atoms with Crippen LogP contribution in [0.25, 0.3) is 0 Å². The molecule has 4 rings (SSSR count). The molecule has 1 saturated heterocycles. The summed E-state index contributed by atoms with van der Waals surface area (Å²) >= 11 is 13.1. The van der Waals surface area contributed by atoms with E-state index in [-0.39, 0.29) is 58.1 Å². The molecule has 3 fully saturated rings. The van der Waals surface area contributed by atoms with E-state index in [0.29, 0.717) is 10.7 Å². The number of carbonyl (C=O) groups is 4. The predicted molar refractivity (Wildman–Crippen MR) is 116 cm³/mol.